The Morgan fingerprint density at radius 2 is 1.78 bits per heavy atom. The molecule has 1 aromatic carbocycles. The molecule has 0 atom stereocenters. The molecule has 0 spiro atoms. The van der Waals surface area contributed by atoms with Crippen LogP contribution < -0.4 is 0 Å². The van der Waals surface area contributed by atoms with E-state index in [1.165, 1.54) is 4.90 Å². The minimum absolute atomic E-state index is 1.13. The Balaban J connectivity index is 2.88. The number of rotatable bonds is 1. The monoisotopic (exact) mass is 269 g/mol. The van der Waals surface area contributed by atoms with E-state index in [0.717, 1.165) is 4.90 Å². The average molecular weight is 269 g/mol. The molecule has 0 radical (unpaired) electrons. The lowest BCUT2D eigenvalue weighted by Gasteiger charge is -1.89. The maximum atomic E-state index is 3.41. The van der Waals surface area contributed by atoms with Crippen molar-refractivity contribution in [1.82, 2.24) is 0 Å². The minimum Gasteiger partial charge on any atom is -0.0530 e. The van der Waals surface area contributed by atoms with Crippen molar-refractivity contribution in [2.24, 2.45) is 0 Å². The molecule has 0 aromatic heterocycles. The molecule has 0 N–H and O–H groups in total. The predicted octanol–water partition coefficient (Wildman–Crippen LogP) is 2.50. The summed E-state index contributed by atoms with van der Waals surface area (Å²) in [5.74, 6) is 0. The Morgan fingerprint density at radius 1 is 1.22 bits per heavy atom. The highest BCUT2D eigenvalue weighted by Crippen LogP contribution is 2.24. The molecule has 0 fully saturated rings. The molecule has 0 amide bonds. The van der Waals surface area contributed by atoms with E-state index in [0.29, 0.717) is 0 Å². The van der Waals surface area contributed by atoms with Gasteiger partial charge in [0.25, 0.3) is 0 Å². The van der Waals surface area contributed by atoms with Crippen molar-refractivity contribution in [3.05, 3.63) is 24.3 Å². The second-order valence-corrected chi connectivity index (χ2v) is 4.13. The third kappa shape index (κ3) is 2.39. The first-order valence-corrected chi connectivity index (χ1v) is 6.29. The molecular formula is C6H6IS2+. The standard InChI is InChI=1S/C6H5IS2/c7-9-6-3-1-5(8)2-4-6/h1-4,8H/p+1. The molecule has 48 valence electrons. The second-order valence-electron chi connectivity index (χ2n) is 1.60. The SMILES string of the molecule is [SH2+]c1ccc(SI)cc1. The van der Waals surface area contributed by atoms with Gasteiger partial charge in [0, 0.05) is 26.1 Å². The maximum absolute atomic E-state index is 3.41. The summed E-state index contributed by atoms with van der Waals surface area (Å²) in [5, 5.41) is 0. The van der Waals surface area contributed by atoms with Crippen molar-refractivity contribution in [2.75, 3.05) is 0 Å². The second kappa shape index (κ2) is 3.73. The summed E-state index contributed by atoms with van der Waals surface area (Å²) in [4.78, 5) is 2.42. The molecule has 0 bridgehead atoms. The third-order valence-electron chi connectivity index (χ3n) is 0.943. The van der Waals surface area contributed by atoms with E-state index in [1.807, 2.05) is 12.1 Å². The first-order valence-electron chi connectivity index (χ1n) is 2.43. The quantitative estimate of drug-likeness (QED) is 0.557. The van der Waals surface area contributed by atoms with Crippen LogP contribution in [0.2, 0.25) is 0 Å². The average Bonchev–Trinajstić information content (AvgIpc) is 1.90. The van der Waals surface area contributed by atoms with Gasteiger partial charge in [0.2, 0.25) is 0 Å². The molecule has 0 saturated carbocycles. The summed E-state index contributed by atoms with van der Waals surface area (Å²) in [6.07, 6.45) is 0. The lowest BCUT2D eigenvalue weighted by Crippen LogP contribution is -1.68. The van der Waals surface area contributed by atoms with Crippen molar-refractivity contribution >= 4 is 42.8 Å². The summed E-state index contributed by atoms with van der Waals surface area (Å²) in [5.41, 5.74) is 0. The topological polar surface area (TPSA) is 0 Å². The van der Waals surface area contributed by atoms with Gasteiger partial charge in [-0.3, -0.25) is 0 Å². The molecule has 3 heteroatoms. The molecule has 0 nitrogen and oxygen atoms in total. The number of halogens is 1. The van der Waals surface area contributed by atoms with Gasteiger partial charge in [-0.2, -0.15) is 0 Å². The van der Waals surface area contributed by atoms with Crippen LogP contribution in [-0.2, 0) is 12.6 Å². The normalized spacial score (nSPS) is 9.56. The van der Waals surface area contributed by atoms with Gasteiger partial charge in [0.1, 0.15) is 4.90 Å². The number of hydrogen-bond donors (Lipinski definition) is 0. The van der Waals surface area contributed by atoms with Gasteiger partial charge in [0.15, 0.2) is 0 Å². The molecule has 0 unspecified atom stereocenters. The molecule has 0 aliphatic carbocycles. The van der Waals surface area contributed by atoms with Crippen LogP contribution in [-0.4, -0.2) is 0 Å². The summed E-state index contributed by atoms with van der Waals surface area (Å²) in [7, 11) is 1.73. The predicted molar refractivity (Wildman–Crippen MR) is 54.7 cm³/mol. The van der Waals surface area contributed by atoms with E-state index in [9.17, 15) is 0 Å². The van der Waals surface area contributed by atoms with E-state index in [2.05, 4.69) is 46.0 Å². The Bertz CT molecular complexity index is 183. The molecule has 0 aliphatic heterocycles. The highest BCUT2D eigenvalue weighted by Gasteiger charge is 1.91. The van der Waals surface area contributed by atoms with E-state index in [1.54, 1.807) is 8.93 Å². The molecule has 0 saturated heterocycles. The fourth-order valence-electron chi connectivity index (χ4n) is 0.506. The van der Waals surface area contributed by atoms with Crippen LogP contribution in [0.4, 0.5) is 0 Å². The largest absolute Gasteiger partial charge is 0.150 e. The summed E-state index contributed by atoms with van der Waals surface area (Å²) >= 11 is 5.68. The van der Waals surface area contributed by atoms with Crippen LogP contribution >= 0.6 is 30.1 Å². The Kier molecular flexibility index (Phi) is 3.21. The number of benzene rings is 1. The van der Waals surface area contributed by atoms with Crippen molar-refractivity contribution in [2.45, 2.75) is 9.79 Å². The van der Waals surface area contributed by atoms with E-state index in [4.69, 9.17) is 0 Å². The van der Waals surface area contributed by atoms with Crippen LogP contribution in [0, 0.1) is 0 Å². The van der Waals surface area contributed by atoms with Crippen molar-refractivity contribution in [3.63, 3.8) is 0 Å². The summed E-state index contributed by atoms with van der Waals surface area (Å²) in [6.45, 7) is 0. The Hall–Kier alpha value is 0.650. The van der Waals surface area contributed by atoms with E-state index < -0.39 is 0 Å². The Labute approximate surface area is 76.4 Å². The van der Waals surface area contributed by atoms with Crippen LogP contribution in [0.15, 0.2) is 34.1 Å². The summed E-state index contributed by atoms with van der Waals surface area (Å²) in [6, 6.07) is 8.24. The fourth-order valence-corrected chi connectivity index (χ4v) is 1.79. The van der Waals surface area contributed by atoms with Crippen molar-refractivity contribution in [3.8, 4) is 0 Å². The third-order valence-corrected chi connectivity index (χ3v) is 3.25. The Morgan fingerprint density at radius 3 is 2.22 bits per heavy atom. The van der Waals surface area contributed by atoms with Crippen LogP contribution in [0.1, 0.15) is 0 Å². The van der Waals surface area contributed by atoms with Crippen LogP contribution in [0.3, 0.4) is 0 Å². The van der Waals surface area contributed by atoms with Gasteiger partial charge in [-0.05, 0) is 36.9 Å². The minimum atomic E-state index is 1.13. The molecule has 0 heterocycles. The summed E-state index contributed by atoms with van der Waals surface area (Å²) < 4.78 is 0. The maximum Gasteiger partial charge on any atom is 0.150 e. The first-order chi connectivity index (χ1) is 4.33. The number of hydrogen-bond acceptors (Lipinski definition) is 1. The fraction of sp³-hybridized carbons (Fsp3) is 0. The molecule has 0 aliphatic rings. The molecule has 1 rings (SSSR count). The van der Waals surface area contributed by atoms with Gasteiger partial charge < -0.3 is 0 Å². The zero-order chi connectivity index (χ0) is 6.69. The smallest absolute Gasteiger partial charge is 0.0530 e. The highest BCUT2D eigenvalue weighted by molar-refractivity contribution is 14.2. The van der Waals surface area contributed by atoms with Crippen molar-refractivity contribution < 1.29 is 0 Å². The zero-order valence-electron chi connectivity index (χ0n) is 4.60. The van der Waals surface area contributed by atoms with E-state index in [-0.39, 0.29) is 0 Å². The molecule has 1 aromatic rings. The van der Waals surface area contributed by atoms with Gasteiger partial charge >= 0.3 is 0 Å². The van der Waals surface area contributed by atoms with Gasteiger partial charge in [-0.25, -0.2) is 0 Å². The first kappa shape index (κ1) is 7.75. The lowest BCUT2D eigenvalue weighted by molar-refractivity contribution is 1.37. The van der Waals surface area contributed by atoms with Crippen LogP contribution in [0.25, 0.3) is 0 Å². The van der Waals surface area contributed by atoms with Crippen LogP contribution in [0.5, 0.6) is 0 Å². The van der Waals surface area contributed by atoms with Gasteiger partial charge in [0.05, 0.1) is 0 Å². The van der Waals surface area contributed by atoms with Gasteiger partial charge in [-0.1, -0.05) is 8.93 Å². The van der Waals surface area contributed by atoms with Gasteiger partial charge in [-0.15, -0.1) is 0 Å². The highest BCUT2D eigenvalue weighted by atomic mass is 127. The zero-order valence-corrected chi connectivity index (χ0v) is 8.57. The van der Waals surface area contributed by atoms with Crippen molar-refractivity contribution in [1.29, 1.82) is 0 Å². The molecule has 9 heavy (non-hydrogen) atoms. The lowest BCUT2D eigenvalue weighted by atomic mass is 10.4. The molecular weight excluding hydrogens is 263 g/mol. The van der Waals surface area contributed by atoms with E-state index >= 15 is 0 Å².